The van der Waals surface area contributed by atoms with Gasteiger partial charge in [0.2, 0.25) is 0 Å². The largest absolute Gasteiger partial charge is 0.304 e. The van der Waals surface area contributed by atoms with Gasteiger partial charge in [0.05, 0.1) is 0 Å². The van der Waals surface area contributed by atoms with Crippen LogP contribution in [0.1, 0.15) is 48.2 Å². The number of halogens is 2. The maximum atomic E-state index is 6.28. The summed E-state index contributed by atoms with van der Waals surface area (Å²) in [6.07, 6.45) is 0. The minimum absolute atomic E-state index is 0.158. The fraction of sp³-hybridized carbons (Fsp3) is 0.333. The normalized spacial score (nSPS) is 14.0. The van der Waals surface area contributed by atoms with Crippen molar-refractivity contribution in [3.63, 3.8) is 0 Å². The molecular formula is C18H21Cl2N. The van der Waals surface area contributed by atoms with Crippen LogP contribution in [0.3, 0.4) is 0 Å². The molecule has 1 nitrogen and oxygen atoms in total. The summed E-state index contributed by atoms with van der Waals surface area (Å²) in [5.41, 5.74) is 4.98. The first-order valence-corrected chi connectivity index (χ1v) is 7.92. The zero-order valence-corrected chi connectivity index (χ0v) is 14.4. The van der Waals surface area contributed by atoms with E-state index in [0.717, 1.165) is 5.56 Å². The van der Waals surface area contributed by atoms with Crippen LogP contribution in [0.25, 0.3) is 0 Å². The van der Waals surface area contributed by atoms with Gasteiger partial charge in [0, 0.05) is 22.1 Å². The Morgan fingerprint density at radius 3 is 2.10 bits per heavy atom. The highest BCUT2D eigenvalue weighted by atomic mass is 35.5. The number of nitrogens with one attached hydrogen (secondary N) is 1. The summed E-state index contributed by atoms with van der Waals surface area (Å²) < 4.78 is 0. The molecule has 1 N–H and O–H groups in total. The summed E-state index contributed by atoms with van der Waals surface area (Å²) >= 11 is 12.2. The lowest BCUT2D eigenvalue weighted by molar-refractivity contribution is 0.493. The lowest BCUT2D eigenvalue weighted by Crippen LogP contribution is -2.23. The quantitative estimate of drug-likeness (QED) is 0.725. The van der Waals surface area contributed by atoms with E-state index in [0.29, 0.717) is 10.0 Å². The number of hydrogen-bond acceptors (Lipinski definition) is 1. The molecule has 0 saturated carbocycles. The van der Waals surface area contributed by atoms with Crippen LogP contribution in [-0.2, 0) is 0 Å². The van der Waals surface area contributed by atoms with E-state index in [9.17, 15) is 0 Å². The predicted octanol–water partition coefficient (Wildman–Crippen LogP) is 6.02. The Kier molecular flexibility index (Phi) is 5.32. The molecule has 112 valence electrons. The third-order valence-corrected chi connectivity index (χ3v) is 4.38. The number of benzene rings is 2. The third-order valence-electron chi connectivity index (χ3n) is 3.82. The Morgan fingerprint density at radius 1 is 0.857 bits per heavy atom. The van der Waals surface area contributed by atoms with Crippen molar-refractivity contribution in [2.45, 2.75) is 39.8 Å². The second-order valence-electron chi connectivity index (χ2n) is 5.64. The van der Waals surface area contributed by atoms with Gasteiger partial charge in [-0.1, -0.05) is 53.0 Å². The molecule has 0 amide bonds. The van der Waals surface area contributed by atoms with Crippen LogP contribution in [0.2, 0.25) is 10.0 Å². The van der Waals surface area contributed by atoms with Crippen molar-refractivity contribution in [3.8, 4) is 0 Å². The van der Waals surface area contributed by atoms with E-state index in [2.05, 4.69) is 51.2 Å². The fourth-order valence-electron chi connectivity index (χ4n) is 2.72. The van der Waals surface area contributed by atoms with E-state index in [1.807, 2.05) is 12.1 Å². The Bertz CT molecular complexity index is 582. The molecule has 2 aromatic rings. The Morgan fingerprint density at radius 2 is 1.48 bits per heavy atom. The van der Waals surface area contributed by atoms with E-state index < -0.39 is 0 Å². The number of rotatable bonds is 4. The van der Waals surface area contributed by atoms with Gasteiger partial charge in [-0.2, -0.15) is 0 Å². The van der Waals surface area contributed by atoms with Crippen molar-refractivity contribution in [3.05, 3.63) is 68.7 Å². The van der Waals surface area contributed by atoms with Crippen LogP contribution in [0.4, 0.5) is 0 Å². The van der Waals surface area contributed by atoms with Crippen LogP contribution in [0, 0.1) is 13.8 Å². The van der Waals surface area contributed by atoms with Gasteiger partial charge in [-0.3, -0.25) is 0 Å². The molecule has 2 rings (SSSR count). The number of hydrogen-bond donors (Lipinski definition) is 1. The highest BCUT2D eigenvalue weighted by molar-refractivity contribution is 6.35. The second kappa shape index (κ2) is 6.83. The van der Waals surface area contributed by atoms with Crippen LogP contribution in [-0.4, -0.2) is 0 Å². The molecule has 0 aromatic heterocycles. The summed E-state index contributed by atoms with van der Waals surface area (Å²) in [6.45, 7) is 8.57. The van der Waals surface area contributed by atoms with Crippen molar-refractivity contribution in [2.75, 3.05) is 0 Å². The van der Waals surface area contributed by atoms with Gasteiger partial charge in [0.25, 0.3) is 0 Å². The molecule has 3 heteroatoms. The summed E-state index contributed by atoms with van der Waals surface area (Å²) in [4.78, 5) is 0. The van der Waals surface area contributed by atoms with Crippen LogP contribution < -0.4 is 5.32 Å². The standard InChI is InChI=1S/C18H21Cl2N/c1-11-5-7-16(12(2)9-11)13(3)21-14(4)17-8-6-15(19)10-18(17)20/h5-10,13-14,21H,1-4H3. The minimum atomic E-state index is 0.158. The molecule has 0 heterocycles. The molecule has 2 atom stereocenters. The highest BCUT2D eigenvalue weighted by Gasteiger charge is 2.15. The van der Waals surface area contributed by atoms with Gasteiger partial charge < -0.3 is 5.32 Å². The van der Waals surface area contributed by atoms with Crippen LogP contribution in [0.15, 0.2) is 36.4 Å². The lowest BCUT2D eigenvalue weighted by atomic mass is 9.99. The molecule has 2 unspecified atom stereocenters. The Hall–Kier alpha value is -1.02. The van der Waals surface area contributed by atoms with Gasteiger partial charge in [-0.05, 0) is 56.5 Å². The predicted molar refractivity (Wildman–Crippen MR) is 92.3 cm³/mol. The van der Waals surface area contributed by atoms with Crippen molar-refractivity contribution in [1.82, 2.24) is 5.32 Å². The molecule has 0 radical (unpaired) electrons. The first kappa shape index (κ1) is 16.4. The molecule has 0 spiro atoms. The maximum Gasteiger partial charge on any atom is 0.0468 e. The van der Waals surface area contributed by atoms with E-state index in [1.165, 1.54) is 16.7 Å². The third kappa shape index (κ3) is 4.00. The topological polar surface area (TPSA) is 12.0 Å². The van der Waals surface area contributed by atoms with E-state index in [4.69, 9.17) is 23.2 Å². The minimum Gasteiger partial charge on any atom is -0.304 e. The molecule has 0 saturated heterocycles. The molecular weight excluding hydrogens is 301 g/mol. The van der Waals surface area contributed by atoms with Crippen molar-refractivity contribution in [1.29, 1.82) is 0 Å². The first-order valence-electron chi connectivity index (χ1n) is 7.16. The van der Waals surface area contributed by atoms with Crippen LogP contribution in [0.5, 0.6) is 0 Å². The maximum absolute atomic E-state index is 6.28. The van der Waals surface area contributed by atoms with E-state index >= 15 is 0 Å². The van der Waals surface area contributed by atoms with Crippen LogP contribution >= 0.6 is 23.2 Å². The van der Waals surface area contributed by atoms with E-state index in [1.54, 1.807) is 6.07 Å². The molecule has 0 fully saturated rings. The van der Waals surface area contributed by atoms with Gasteiger partial charge in [-0.25, -0.2) is 0 Å². The monoisotopic (exact) mass is 321 g/mol. The lowest BCUT2D eigenvalue weighted by Gasteiger charge is -2.23. The van der Waals surface area contributed by atoms with Gasteiger partial charge in [0.15, 0.2) is 0 Å². The Labute approximate surface area is 137 Å². The summed E-state index contributed by atoms with van der Waals surface area (Å²) in [6, 6.07) is 12.6. The fourth-order valence-corrected chi connectivity index (χ4v) is 3.29. The first-order chi connectivity index (χ1) is 9.88. The van der Waals surface area contributed by atoms with Crippen molar-refractivity contribution < 1.29 is 0 Å². The smallest absolute Gasteiger partial charge is 0.0468 e. The van der Waals surface area contributed by atoms with Crippen molar-refractivity contribution in [2.24, 2.45) is 0 Å². The summed E-state index contributed by atoms with van der Waals surface area (Å²) in [7, 11) is 0. The summed E-state index contributed by atoms with van der Waals surface area (Å²) in [5, 5.41) is 4.97. The highest BCUT2D eigenvalue weighted by Crippen LogP contribution is 2.28. The molecule has 0 aliphatic heterocycles. The van der Waals surface area contributed by atoms with Gasteiger partial charge >= 0.3 is 0 Å². The average Bonchev–Trinajstić information content (AvgIpc) is 2.37. The number of aryl methyl sites for hydroxylation is 2. The van der Waals surface area contributed by atoms with Gasteiger partial charge in [-0.15, -0.1) is 0 Å². The zero-order valence-electron chi connectivity index (χ0n) is 12.9. The second-order valence-corrected chi connectivity index (χ2v) is 6.48. The summed E-state index contributed by atoms with van der Waals surface area (Å²) in [5.74, 6) is 0. The molecule has 0 aliphatic carbocycles. The molecule has 0 aliphatic rings. The van der Waals surface area contributed by atoms with Crippen molar-refractivity contribution >= 4 is 23.2 Å². The molecule has 21 heavy (non-hydrogen) atoms. The molecule has 0 bridgehead atoms. The zero-order chi connectivity index (χ0) is 15.6. The molecule has 2 aromatic carbocycles. The van der Waals surface area contributed by atoms with E-state index in [-0.39, 0.29) is 12.1 Å². The SMILES string of the molecule is Cc1ccc(C(C)NC(C)c2ccc(Cl)cc2Cl)c(C)c1. The van der Waals surface area contributed by atoms with Gasteiger partial charge in [0.1, 0.15) is 0 Å². The Balaban J connectivity index is 2.16. The average molecular weight is 322 g/mol.